The van der Waals surface area contributed by atoms with Crippen LogP contribution in [0.2, 0.25) is 0 Å². The van der Waals surface area contributed by atoms with Crippen LogP contribution in [0.3, 0.4) is 0 Å². The van der Waals surface area contributed by atoms with Gasteiger partial charge in [-0.15, -0.1) is 6.42 Å². The fraction of sp³-hybridized carbons (Fsp3) is 0. The second kappa shape index (κ2) is 5.40. The van der Waals surface area contributed by atoms with Gasteiger partial charge in [0.2, 0.25) is 0 Å². The molecule has 3 heteroatoms. The summed E-state index contributed by atoms with van der Waals surface area (Å²) in [6.07, 6.45) is 5.35. The molecule has 0 aliphatic heterocycles. The molecule has 2 rings (SSSR count). The van der Waals surface area contributed by atoms with E-state index in [1.165, 1.54) is 0 Å². The highest BCUT2D eigenvalue weighted by Crippen LogP contribution is 2.24. The fourth-order valence-electron chi connectivity index (χ4n) is 1.54. The Morgan fingerprint density at radius 2 is 1.89 bits per heavy atom. The molecule has 0 fully saturated rings. The first-order chi connectivity index (χ1) is 8.72. The zero-order chi connectivity index (χ0) is 13.0. The Bertz CT molecular complexity index is 663. The van der Waals surface area contributed by atoms with E-state index in [1.807, 2.05) is 36.4 Å². The summed E-state index contributed by atoms with van der Waals surface area (Å²) < 4.78 is 0.767. The Hall–Kier alpha value is -2.23. The van der Waals surface area contributed by atoms with Crippen LogP contribution in [0.5, 0.6) is 0 Å². The van der Waals surface area contributed by atoms with Crippen molar-refractivity contribution in [1.82, 2.24) is 0 Å². The average molecular weight is 297 g/mol. The number of anilines is 2. The predicted octanol–water partition coefficient (Wildman–Crippen LogP) is 4.05. The highest BCUT2D eigenvalue weighted by molar-refractivity contribution is 9.10. The number of nitrogens with one attached hydrogen (secondary N) is 1. The third-order valence-corrected chi connectivity index (χ3v) is 3.06. The normalized spacial score (nSPS) is 9.28. The molecule has 0 spiro atoms. The van der Waals surface area contributed by atoms with E-state index < -0.39 is 0 Å². The van der Waals surface area contributed by atoms with E-state index in [0.717, 1.165) is 21.4 Å². The lowest BCUT2D eigenvalue weighted by atomic mass is 10.2. The van der Waals surface area contributed by atoms with E-state index in [0.29, 0.717) is 5.56 Å². The lowest BCUT2D eigenvalue weighted by molar-refractivity contribution is 1.45. The summed E-state index contributed by atoms with van der Waals surface area (Å²) in [4.78, 5) is 0. The number of nitriles is 1. The number of terminal acetylenes is 1. The second-order valence-corrected chi connectivity index (χ2v) is 4.51. The first-order valence-corrected chi connectivity index (χ1v) is 6.05. The number of halogens is 1. The summed E-state index contributed by atoms with van der Waals surface area (Å²) in [5.41, 5.74) is 3.25. The zero-order valence-electron chi connectivity index (χ0n) is 9.44. The van der Waals surface area contributed by atoms with Crippen LogP contribution in [0.1, 0.15) is 11.1 Å². The first-order valence-electron chi connectivity index (χ1n) is 5.26. The van der Waals surface area contributed by atoms with Gasteiger partial charge in [-0.2, -0.15) is 5.26 Å². The predicted molar refractivity (Wildman–Crippen MR) is 76.5 cm³/mol. The molecule has 18 heavy (non-hydrogen) atoms. The Morgan fingerprint density at radius 3 is 2.56 bits per heavy atom. The van der Waals surface area contributed by atoms with Crippen LogP contribution >= 0.6 is 15.9 Å². The highest BCUT2D eigenvalue weighted by Gasteiger charge is 2.01. The van der Waals surface area contributed by atoms with Crippen LogP contribution in [-0.2, 0) is 0 Å². The van der Waals surface area contributed by atoms with Gasteiger partial charge in [0.1, 0.15) is 6.07 Å². The van der Waals surface area contributed by atoms with E-state index in [4.69, 9.17) is 11.7 Å². The van der Waals surface area contributed by atoms with E-state index in [9.17, 15) is 0 Å². The maximum absolute atomic E-state index is 8.84. The van der Waals surface area contributed by atoms with Crippen molar-refractivity contribution in [3.05, 3.63) is 58.1 Å². The molecule has 0 atom stereocenters. The molecule has 0 bridgehead atoms. The molecule has 1 N–H and O–H groups in total. The smallest absolute Gasteiger partial charge is 0.100 e. The summed E-state index contributed by atoms with van der Waals surface area (Å²) in [6, 6.07) is 15.2. The van der Waals surface area contributed by atoms with Crippen LogP contribution in [-0.4, -0.2) is 0 Å². The van der Waals surface area contributed by atoms with Gasteiger partial charge in [-0.25, -0.2) is 0 Å². The standard InChI is InChI=1S/C15H9BrN2/c1-2-11-4-3-5-13(8-11)18-14-7-6-12(10-17)15(16)9-14/h1,3-9,18H. The van der Waals surface area contributed by atoms with Crippen molar-refractivity contribution in [3.8, 4) is 18.4 Å². The Labute approximate surface area is 114 Å². The monoisotopic (exact) mass is 296 g/mol. The Morgan fingerprint density at radius 1 is 1.11 bits per heavy atom. The van der Waals surface area contributed by atoms with E-state index in [1.54, 1.807) is 6.07 Å². The van der Waals surface area contributed by atoms with Gasteiger partial charge in [0, 0.05) is 21.4 Å². The highest BCUT2D eigenvalue weighted by atomic mass is 79.9. The zero-order valence-corrected chi connectivity index (χ0v) is 11.0. The molecule has 2 aromatic rings. The molecular formula is C15H9BrN2. The lowest BCUT2D eigenvalue weighted by Crippen LogP contribution is -1.91. The molecule has 0 saturated heterocycles. The van der Waals surface area contributed by atoms with Crippen molar-refractivity contribution >= 4 is 27.3 Å². The largest absolute Gasteiger partial charge is 0.355 e. The van der Waals surface area contributed by atoms with Crippen molar-refractivity contribution in [2.45, 2.75) is 0 Å². The van der Waals surface area contributed by atoms with Crippen molar-refractivity contribution in [3.63, 3.8) is 0 Å². The lowest BCUT2D eigenvalue weighted by Gasteiger charge is -2.07. The molecule has 86 valence electrons. The fourth-order valence-corrected chi connectivity index (χ4v) is 2.00. The summed E-state index contributed by atoms with van der Waals surface area (Å²) in [5, 5.41) is 12.1. The van der Waals surface area contributed by atoms with Gasteiger partial charge in [0.05, 0.1) is 5.56 Å². The van der Waals surface area contributed by atoms with Crippen molar-refractivity contribution in [2.24, 2.45) is 0 Å². The molecule has 0 heterocycles. The van der Waals surface area contributed by atoms with E-state index in [-0.39, 0.29) is 0 Å². The van der Waals surface area contributed by atoms with Gasteiger partial charge in [-0.1, -0.05) is 12.0 Å². The number of benzene rings is 2. The minimum atomic E-state index is 0.609. The molecule has 0 saturated carbocycles. The topological polar surface area (TPSA) is 35.8 Å². The van der Waals surface area contributed by atoms with Crippen molar-refractivity contribution in [1.29, 1.82) is 5.26 Å². The molecule has 0 unspecified atom stereocenters. The van der Waals surface area contributed by atoms with Crippen LogP contribution in [0, 0.1) is 23.7 Å². The molecular weight excluding hydrogens is 288 g/mol. The quantitative estimate of drug-likeness (QED) is 0.849. The van der Waals surface area contributed by atoms with E-state index in [2.05, 4.69) is 33.2 Å². The van der Waals surface area contributed by atoms with Gasteiger partial charge in [0.15, 0.2) is 0 Å². The Kier molecular flexibility index (Phi) is 3.67. The summed E-state index contributed by atoms with van der Waals surface area (Å²) in [5.74, 6) is 2.59. The molecule has 0 aromatic heterocycles. The minimum Gasteiger partial charge on any atom is -0.355 e. The average Bonchev–Trinajstić information content (AvgIpc) is 2.39. The second-order valence-electron chi connectivity index (χ2n) is 3.66. The summed E-state index contributed by atoms with van der Waals surface area (Å²) in [6.45, 7) is 0. The van der Waals surface area contributed by atoms with Gasteiger partial charge >= 0.3 is 0 Å². The van der Waals surface area contributed by atoms with Crippen LogP contribution in [0.25, 0.3) is 0 Å². The van der Waals surface area contributed by atoms with Gasteiger partial charge in [-0.3, -0.25) is 0 Å². The summed E-state index contributed by atoms with van der Waals surface area (Å²) >= 11 is 3.35. The summed E-state index contributed by atoms with van der Waals surface area (Å²) in [7, 11) is 0. The van der Waals surface area contributed by atoms with Crippen LogP contribution < -0.4 is 5.32 Å². The minimum absolute atomic E-state index is 0.609. The van der Waals surface area contributed by atoms with Crippen LogP contribution in [0.15, 0.2) is 46.9 Å². The van der Waals surface area contributed by atoms with Gasteiger partial charge in [-0.05, 0) is 52.3 Å². The number of hydrogen-bond donors (Lipinski definition) is 1. The van der Waals surface area contributed by atoms with Crippen LogP contribution in [0.4, 0.5) is 11.4 Å². The molecule has 0 aliphatic carbocycles. The van der Waals surface area contributed by atoms with E-state index >= 15 is 0 Å². The molecule has 0 radical (unpaired) electrons. The Balaban J connectivity index is 2.27. The number of nitrogens with zero attached hydrogens (tertiary/aromatic N) is 1. The SMILES string of the molecule is C#Cc1cccc(Nc2ccc(C#N)c(Br)c2)c1. The maximum atomic E-state index is 8.84. The first kappa shape index (κ1) is 12.2. The molecule has 2 aromatic carbocycles. The third-order valence-electron chi connectivity index (χ3n) is 2.41. The van der Waals surface area contributed by atoms with Gasteiger partial charge in [0.25, 0.3) is 0 Å². The molecule has 0 amide bonds. The molecule has 2 nitrogen and oxygen atoms in total. The van der Waals surface area contributed by atoms with Crippen molar-refractivity contribution in [2.75, 3.05) is 5.32 Å². The number of hydrogen-bond acceptors (Lipinski definition) is 2. The third kappa shape index (κ3) is 2.71. The van der Waals surface area contributed by atoms with Crippen molar-refractivity contribution < 1.29 is 0 Å². The number of rotatable bonds is 2. The maximum Gasteiger partial charge on any atom is 0.100 e. The molecule has 0 aliphatic rings. The van der Waals surface area contributed by atoms with Gasteiger partial charge < -0.3 is 5.32 Å².